The molecule has 2 heterocycles. The summed E-state index contributed by atoms with van der Waals surface area (Å²) in [5.74, 6) is 0.00136. The van der Waals surface area contributed by atoms with E-state index in [-0.39, 0.29) is 30.1 Å². The van der Waals surface area contributed by atoms with Crippen LogP contribution in [0.4, 0.5) is 4.39 Å². The van der Waals surface area contributed by atoms with Crippen molar-refractivity contribution in [3.63, 3.8) is 0 Å². The van der Waals surface area contributed by atoms with Crippen LogP contribution in [0, 0.1) is 5.82 Å². The minimum Gasteiger partial charge on any atom is -0.343 e. The molecule has 0 radical (unpaired) electrons. The summed E-state index contributed by atoms with van der Waals surface area (Å²) in [6, 6.07) is 13.0. The molecule has 0 unspecified atom stereocenters. The van der Waals surface area contributed by atoms with E-state index < -0.39 is 0 Å². The van der Waals surface area contributed by atoms with Crippen molar-refractivity contribution >= 4 is 17.5 Å². The molecule has 0 bridgehead atoms. The molecular formula is C22H19ClFN5O2. The topological polar surface area (TPSA) is 85.8 Å². The van der Waals surface area contributed by atoms with Gasteiger partial charge in [0, 0.05) is 10.6 Å². The minimum absolute atomic E-state index is 0.00568. The van der Waals surface area contributed by atoms with Crippen LogP contribution in [0.15, 0.2) is 59.3 Å². The zero-order valence-electron chi connectivity index (χ0n) is 16.8. The van der Waals surface area contributed by atoms with Gasteiger partial charge in [-0.15, -0.1) is 0 Å². The molecule has 2 aromatic carbocycles. The number of nitrogens with zero attached hydrogens (tertiary/aromatic N) is 4. The van der Waals surface area contributed by atoms with Crippen LogP contribution in [0.5, 0.6) is 0 Å². The highest BCUT2D eigenvalue weighted by Gasteiger charge is 2.21. The van der Waals surface area contributed by atoms with Crippen LogP contribution in [0.25, 0.3) is 17.1 Å². The average Bonchev–Trinajstić information content (AvgIpc) is 3.40. The highest BCUT2D eigenvalue weighted by Crippen LogP contribution is 2.24. The first-order valence-corrected chi connectivity index (χ1v) is 10.0. The van der Waals surface area contributed by atoms with Crippen molar-refractivity contribution in [3.05, 3.63) is 82.7 Å². The molecule has 0 spiro atoms. The zero-order chi connectivity index (χ0) is 22.0. The third kappa shape index (κ3) is 4.49. The van der Waals surface area contributed by atoms with Crippen molar-refractivity contribution in [1.82, 2.24) is 25.2 Å². The molecule has 4 rings (SSSR count). The fourth-order valence-electron chi connectivity index (χ4n) is 3.20. The molecule has 0 fully saturated rings. The predicted octanol–water partition coefficient (Wildman–Crippen LogP) is 4.77. The Morgan fingerprint density at radius 1 is 1.23 bits per heavy atom. The lowest BCUT2D eigenvalue weighted by Crippen LogP contribution is -2.24. The Kier molecular flexibility index (Phi) is 5.81. The first-order valence-electron chi connectivity index (χ1n) is 9.63. The first kappa shape index (κ1) is 20.7. The minimum atomic E-state index is -0.336. The van der Waals surface area contributed by atoms with Gasteiger partial charge in [-0.3, -0.25) is 4.79 Å². The number of nitrogens with one attached hydrogen (secondary N) is 1. The normalized spacial score (nSPS) is 11.1. The van der Waals surface area contributed by atoms with E-state index in [1.807, 2.05) is 19.9 Å². The Labute approximate surface area is 182 Å². The Morgan fingerprint density at radius 2 is 2.00 bits per heavy atom. The van der Waals surface area contributed by atoms with Gasteiger partial charge in [0.25, 0.3) is 5.91 Å². The lowest BCUT2D eigenvalue weighted by molar-refractivity contribution is 0.0945. The standard InChI is InChI=1S/C22H19ClFN5O2/c1-13(2)20-18(11-26-29(20)17-8-6-16(24)7-9-17)22(30)25-12-19-27-21(28-31-19)14-4-3-5-15(23)10-14/h3-11,13H,12H2,1-2H3,(H,25,30). The molecule has 9 heteroatoms. The second kappa shape index (κ2) is 8.69. The molecule has 0 saturated carbocycles. The number of hydrogen-bond donors (Lipinski definition) is 1. The van der Waals surface area contributed by atoms with E-state index in [4.69, 9.17) is 16.1 Å². The summed E-state index contributed by atoms with van der Waals surface area (Å²) in [5, 5.41) is 11.6. The van der Waals surface area contributed by atoms with Crippen LogP contribution in [0.1, 0.15) is 41.7 Å². The van der Waals surface area contributed by atoms with Crippen LogP contribution in [-0.4, -0.2) is 25.8 Å². The van der Waals surface area contributed by atoms with E-state index in [2.05, 4.69) is 20.6 Å². The number of carbonyl (C=O) groups excluding carboxylic acids is 1. The van der Waals surface area contributed by atoms with Gasteiger partial charge in [0.1, 0.15) is 5.82 Å². The Hall–Kier alpha value is -3.52. The molecule has 2 aromatic heterocycles. The zero-order valence-corrected chi connectivity index (χ0v) is 17.6. The third-order valence-corrected chi connectivity index (χ3v) is 4.86. The summed E-state index contributed by atoms with van der Waals surface area (Å²) in [7, 11) is 0. The largest absolute Gasteiger partial charge is 0.343 e. The molecule has 7 nitrogen and oxygen atoms in total. The van der Waals surface area contributed by atoms with Crippen molar-refractivity contribution in [3.8, 4) is 17.1 Å². The van der Waals surface area contributed by atoms with Gasteiger partial charge >= 0.3 is 0 Å². The maximum Gasteiger partial charge on any atom is 0.255 e. The SMILES string of the molecule is CC(C)c1c(C(=O)NCc2nc(-c3cccc(Cl)c3)no2)cnn1-c1ccc(F)cc1. The highest BCUT2D eigenvalue weighted by atomic mass is 35.5. The number of rotatable bonds is 6. The van der Waals surface area contributed by atoms with Crippen molar-refractivity contribution in [2.75, 3.05) is 0 Å². The van der Waals surface area contributed by atoms with Crippen LogP contribution in [0.3, 0.4) is 0 Å². The summed E-state index contributed by atoms with van der Waals surface area (Å²) in [5.41, 5.74) is 2.53. The van der Waals surface area contributed by atoms with E-state index in [0.717, 1.165) is 5.56 Å². The molecule has 0 atom stereocenters. The van der Waals surface area contributed by atoms with Gasteiger partial charge in [-0.2, -0.15) is 10.1 Å². The van der Waals surface area contributed by atoms with E-state index >= 15 is 0 Å². The average molecular weight is 440 g/mol. The molecule has 158 valence electrons. The molecular weight excluding hydrogens is 421 g/mol. The van der Waals surface area contributed by atoms with E-state index in [9.17, 15) is 9.18 Å². The van der Waals surface area contributed by atoms with Crippen molar-refractivity contribution in [2.24, 2.45) is 0 Å². The summed E-state index contributed by atoms with van der Waals surface area (Å²) in [6.45, 7) is 3.98. The summed E-state index contributed by atoms with van der Waals surface area (Å²) in [4.78, 5) is 17.1. The molecule has 1 amide bonds. The number of aromatic nitrogens is 4. The molecule has 0 aliphatic carbocycles. The Morgan fingerprint density at radius 3 is 2.71 bits per heavy atom. The summed E-state index contributed by atoms with van der Waals surface area (Å²) < 4.78 is 20.1. The Balaban J connectivity index is 1.51. The lowest BCUT2D eigenvalue weighted by Gasteiger charge is -2.12. The molecule has 31 heavy (non-hydrogen) atoms. The first-order chi connectivity index (χ1) is 14.9. The van der Waals surface area contributed by atoms with Crippen molar-refractivity contribution in [1.29, 1.82) is 0 Å². The maximum absolute atomic E-state index is 13.3. The maximum atomic E-state index is 13.3. The molecule has 0 aliphatic rings. The highest BCUT2D eigenvalue weighted by molar-refractivity contribution is 6.30. The molecule has 1 N–H and O–H groups in total. The van der Waals surface area contributed by atoms with Gasteiger partial charge in [0.05, 0.1) is 29.7 Å². The van der Waals surface area contributed by atoms with Crippen LogP contribution in [0.2, 0.25) is 5.02 Å². The van der Waals surface area contributed by atoms with Crippen LogP contribution in [-0.2, 0) is 6.54 Å². The number of benzene rings is 2. The second-order valence-corrected chi connectivity index (χ2v) is 7.63. The number of hydrogen-bond acceptors (Lipinski definition) is 5. The molecule has 0 saturated heterocycles. The van der Waals surface area contributed by atoms with E-state index in [1.54, 1.807) is 35.0 Å². The summed E-state index contributed by atoms with van der Waals surface area (Å²) >= 11 is 6.00. The predicted molar refractivity (Wildman–Crippen MR) is 114 cm³/mol. The number of halogens is 2. The summed E-state index contributed by atoms with van der Waals surface area (Å²) in [6.07, 6.45) is 1.50. The third-order valence-electron chi connectivity index (χ3n) is 4.62. The number of carbonyl (C=O) groups is 1. The van der Waals surface area contributed by atoms with Crippen molar-refractivity contribution in [2.45, 2.75) is 26.3 Å². The van der Waals surface area contributed by atoms with Gasteiger partial charge in [-0.1, -0.05) is 42.7 Å². The quantitative estimate of drug-likeness (QED) is 0.467. The number of amides is 1. The molecule has 0 aliphatic heterocycles. The second-order valence-electron chi connectivity index (χ2n) is 7.19. The fraction of sp³-hybridized carbons (Fsp3) is 0.182. The van der Waals surface area contributed by atoms with Gasteiger partial charge in [0.15, 0.2) is 0 Å². The van der Waals surface area contributed by atoms with Gasteiger partial charge < -0.3 is 9.84 Å². The van der Waals surface area contributed by atoms with Crippen molar-refractivity contribution < 1.29 is 13.7 Å². The van der Waals surface area contributed by atoms with Crippen LogP contribution >= 0.6 is 11.6 Å². The van der Waals surface area contributed by atoms with E-state index in [1.165, 1.54) is 18.3 Å². The lowest BCUT2D eigenvalue weighted by atomic mass is 10.1. The van der Waals surface area contributed by atoms with Gasteiger partial charge in [0.2, 0.25) is 11.7 Å². The van der Waals surface area contributed by atoms with E-state index in [0.29, 0.717) is 27.8 Å². The fourth-order valence-corrected chi connectivity index (χ4v) is 3.39. The van der Waals surface area contributed by atoms with Gasteiger partial charge in [-0.05, 0) is 42.3 Å². The van der Waals surface area contributed by atoms with Gasteiger partial charge in [-0.25, -0.2) is 9.07 Å². The monoisotopic (exact) mass is 439 g/mol. The smallest absolute Gasteiger partial charge is 0.255 e. The molecule has 4 aromatic rings. The van der Waals surface area contributed by atoms with Crippen LogP contribution < -0.4 is 5.32 Å². The Bertz CT molecular complexity index is 1220.